The fourth-order valence-electron chi connectivity index (χ4n) is 6.63. The number of hydrogen-bond donors (Lipinski definition) is 6. The van der Waals surface area contributed by atoms with Crippen LogP contribution in [0.4, 0.5) is 23.7 Å². The molecule has 0 aliphatic heterocycles. The van der Waals surface area contributed by atoms with Crippen molar-refractivity contribution in [2.45, 2.75) is 76.5 Å². The van der Waals surface area contributed by atoms with E-state index in [0.29, 0.717) is 21.5 Å². The smallest absolute Gasteiger partial charge is 0.443 e. The summed E-state index contributed by atoms with van der Waals surface area (Å²) in [6.45, 7) is 4.97. The molecule has 340 valence electrons. The van der Waals surface area contributed by atoms with Crippen molar-refractivity contribution >= 4 is 74.6 Å². The SMILES string of the molecule is CC(C)(C)OC(=O)n1c(C(=O)N[C@@H](Cc2ccc3ccccc3c2)C(=O)N[C@@H](Cc2nn[nH]n2)C(=O)N[C@@H](CCC(N)=O)C(=O)Nc2ccc(OC(F)(F)F)cc2)cc2cc(Cl)ccc21. The number of primary amides is 1. The van der Waals surface area contributed by atoms with E-state index in [2.05, 4.69) is 46.6 Å². The number of aromatic nitrogens is 5. The number of halogens is 4. The molecule has 7 N–H and O–H groups in total. The number of carbonyl (C=O) groups excluding carboxylic acids is 6. The Morgan fingerprint density at radius 1 is 0.785 bits per heavy atom. The highest BCUT2D eigenvalue weighted by Crippen LogP contribution is 2.27. The molecule has 65 heavy (non-hydrogen) atoms. The number of carbonyl (C=O) groups is 6. The first-order valence-corrected chi connectivity index (χ1v) is 20.2. The zero-order valence-electron chi connectivity index (χ0n) is 34.9. The third kappa shape index (κ3) is 13.0. The van der Waals surface area contributed by atoms with Gasteiger partial charge in [-0.1, -0.05) is 59.3 Å². The monoisotopic (exact) mass is 918 g/mol. The third-order valence-electron chi connectivity index (χ3n) is 9.52. The van der Waals surface area contributed by atoms with Gasteiger partial charge in [-0.15, -0.1) is 23.4 Å². The maximum absolute atomic E-state index is 14.5. The van der Waals surface area contributed by atoms with E-state index in [-0.39, 0.29) is 36.5 Å². The molecule has 0 radical (unpaired) electrons. The summed E-state index contributed by atoms with van der Waals surface area (Å²) in [6, 6.07) is 18.6. The Morgan fingerprint density at radius 3 is 2.11 bits per heavy atom. The minimum Gasteiger partial charge on any atom is -0.443 e. The topological polar surface area (TPSA) is 254 Å². The van der Waals surface area contributed by atoms with Gasteiger partial charge in [0.05, 0.1) is 5.52 Å². The molecule has 3 atom stereocenters. The van der Waals surface area contributed by atoms with Crippen LogP contribution >= 0.6 is 11.6 Å². The summed E-state index contributed by atoms with van der Waals surface area (Å²) < 4.78 is 48.7. The number of anilines is 1. The lowest BCUT2D eigenvalue weighted by Gasteiger charge is -2.25. The summed E-state index contributed by atoms with van der Waals surface area (Å²) in [7, 11) is 0. The van der Waals surface area contributed by atoms with Crippen molar-refractivity contribution in [3.8, 4) is 5.75 Å². The molecule has 4 aromatic carbocycles. The number of tetrazole rings is 1. The molecule has 0 spiro atoms. The third-order valence-corrected chi connectivity index (χ3v) is 9.76. The lowest BCUT2D eigenvalue weighted by molar-refractivity contribution is -0.274. The predicted molar refractivity (Wildman–Crippen MR) is 229 cm³/mol. The normalized spacial score (nSPS) is 13.0. The number of amides is 5. The Balaban J connectivity index is 1.30. The summed E-state index contributed by atoms with van der Waals surface area (Å²) in [5.74, 6) is -5.04. The van der Waals surface area contributed by atoms with Crippen LogP contribution in [0.1, 0.15) is 55.5 Å². The van der Waals surface area contributed by atoms with E-state index in [1.165, 1.54) is 12.1 Å². The first kappa shape index (κ1) is 46.9. The zero-order valence-corrected chi connectivity index (χ0v) is 35.6. The fraction of sp³-hybridized carbons (Fsp3) is 0.279. The van der Waals surface area contributed by atoms with Crippen LogP contribution in [0.5, 0.6) is 5.75 Å². The fourth-order valence-corrected chi connectivity index (χ4v) is 6.81. The van der Waals surface area contributed by atoms with Crippen LogP contribution in [-0.4, -0.2) is 90.9 Å². The number of nitrogens with one attached hydrogen (secondary N) is 5. The van der Waals surface area contributed by atoms with Gasteiger partial charge in [0.15, 0.2) is 5.82 Å². The highest BCUT2D eigenvalue weighted by Gasteiger charge is 2.34. The largest absolute Gasteiger partial charge is 0.573 e. The number of H-pyrrole nitrogens is 1. The van der Waals surface area contributed by atoms with Gasteiger partial charge in [-0.25, -0.2) is 9.36 Å². The second-order valence-corrected chi connectivity index (χ2v) is 16.1. The molecule has 22 heteroatoms. The second-order valence-electron chi connectivity index (χ2n) is 15.7. The Bertz CT molecular complexity index is 2720. The molecule has 0 fully saturated rings. The Labute approximate surface area is 372 Å². The van der Waals surface area contributed by atoms with E-state index in [9.17, 15) is 41.9 Å². The maximum atomic E-state index is 14.5. The van der Waals surface area contributed by atoms with Crippen molar-refractivity contribution < 1.29 is 51.4 Å². The van der Waals surface area contributed by atoms with Gasteiger partial charge in [-0.05, 0) is 92.1 Å². The van der Waals surface area contributed by atoms with E-state index in [1.807, 2.05) is 36.4 Å². The van der Waals surface area contributed by atoms with Gasteiger partial charge < -0.3 is 36.5 Å². The molecule has 0 aliphatic carbocycles. The number of benzene rings is 4. The number of fused-ring (bicyclic) bond motifs is 2. The first-order chi connectivity index (χ1) is 30.7. The van der Waals surface area contributed by atoms with Crippen molar-refractivity contribution in [2.24, 2.45) is 5.73 Å². The average molecular weight is 919 g/mol. The number of nitrogens with zero attached hydrogens (tertiary/aromatic N) is 4. The molecule has 6 aromatic rings. The zero-order chi connectivity index (χ0) is 47.1. The molecule has 18 nitrogen and oxygen atoms in total. The number of ether oxygens (including phenoxy) is 2. The molecule has 6 rings (SSSR count). The van der Waals surface area contributed by atoms with Crippen LogP contribution < -0.4 is 31.7 Å². The van der Waals surface area contributed by atoms with Crippen molar-refractivity contribution in [3.05, 3.63) is 113 Å². The molecule has 2 heterocycles. The second kappa shape index (κ2) is 19.9. The van der Waals surface area contributed by atoms with Crippen LogP contribution in [0.3, 0.4) is 0 Å². The minimum atomic E-state index is -4.96. The van der Waals surface area contributed by atoms with Gasteiger partial charge in [0.2, 0.25) is 23.6 Å². The van der Waals surface area contributed by atoms with E-state index in [0.717, 1.165) is 39.6 Å². The van der Waals surface area contributed by atoms with Gasteiger partial charge in [0.1, 0.15) is 35.2 Å². The van der Waals surface area contributed by atoms with Gasteiger partial charge in [0, 0.05) is 35.4 Å². The molecular formula is C43H42ClF3N10O8. The average Bonchev–Trinajstić information content (AvgIpc) is 3.89. The van der Waals surface area contributed by atoms with Gasteiger partial charge >= 0.3 is 12.5 Å². The number of rotatable bonds is 16. The van der Waals surface area contributed by atoms with Crippen molar-refractivity contribution in [1.29, 1.82) is 0 Å². The molecule has 2 aromatic heterocycles. The number of nitrogens with two attached hydrogens (primary N) is 1. The molecule has 0 aliphatic rings. The predicted octanol–water partition coefficient (Wildman–Crippen LogP) is 5.10. The number of hydrogen-bond acceptors (Lipinski definition) is 11. The minimum absolute atomic E-state index is 0.0144. The standard InChI is InChI=1S/C43H42ClF3N10O8/c1-42(2,3)65-41(63)57-33-16-10-27(44)20-26(33)21-34(57)40(62)52-31(19-23-8-9-24-6-4-5-7-25(24)18-23)38(60)51-32(22-36-53-55-56-54-36)39(61)50-30(15-17-35(48)58)37(59)49-28-11-13-29(14-12-28)64-43(45,46)47/h4-14,16,18,20-21,30-32H,15,17,19,22H2,1-3H3,(H2,48,58)(H,49,59)(H,50,61)(H,51,60)(H,52,62)(H,53,54,55,56)/t30-,31-,32-/m0/s1. The Hall–Kier alpha value is -7.55. The van der Waals surface area contributed by atoms with Crippen molar-refractivity contribution in [3.63, 3.8) is 0 Å². The highest BCUT2D eigenvalue weighted by atomic mass is 35.5. The van der Waals surface area contributed by atoms with E-state index in [4.69, 9.17) is 22.1 Å². The molecule has 5 amide bonds. The first-order valence-electron chi connectivity index (χ1n) is 19.8. The van der Waals surface area contributed by atoms with Crippen LogP contribution in [0.2, 0.25) is 5.02 Å². The van der Waals surface area contributed by atoms with Gasteiger partial charge in [-0.2, -0.15) is 5.21 Å². The summed E-state index contributed by atoms with van der Waals surface area (Å²) in [5.41, 5.74) is 5.12. The molecule has 0 bridgehead atoms. The molecule has 0 saturated heterocycles. The van der Waals surface area contributed by atoms with Crippen molar-refractivity contribution in [2.75, 3.05) is 5.32 Å². The Morgan fingerprint density at radius 2 is 1.46 bits per heavy atom. The van der Waals surface area contributed by atoms with E-state index >= 15 is 0 Å². The highest BCUT2D eigenvalue weighted by molar-refractivity contribution is 6.31. The summed E-state index contributed by atoms with van der Waals surface area (Å²) in [4.78, 5) is 82.0. The molecule has 0 unspecified atom stereocenters. The summed E-state index contributed by atoms with van der Waals surface area (Å²) in [5, 5.41) is 26.3. The van der Waals surface area contributed by atoms with Crippen LogP contribution in [0.25, 0.3) is 21.7 Å². The summed E-state index contributed by atoms with van der Waals surface area (Å²) in [6.07, 6.45) is -7.08. The lowest BCUT2D eigenvalue weighted by atomic mass is 10.0. The maximum Gasteiger partial charge on any atom is 0.573 e. The van der Waals surface area contributed by atoms with Gasteiger partial charge in [0.25, 0.3) is 5.91 Å². The molecular weight excluding hydrogens is 877 g/mol. The van der Waals surface area contributed by atoms with Crippen molar-refractivity contribution in [1.82, 2.24) is 41.1 Å². The van der Waals surface area contributed by atoms with E-state index in [1.54, 1.807) is 39.0 Å². The number of alkyl halides is 3. The van der Waals surface area contributed by atoms with E-state index < -0.39 is 77.9 Å². The van der Waals surface area contributed by atoms with Crippen LogP contribution in [0, 0.1) is 0 Å². The number of aromatic amines is 1. The summed E-state index contributed by atoms with van der Waals surface area (Å²) >= 11 is 6.26. The quantitative estimate of drug-likeness (QED) is 0.0745. The lowest BCUT2D eigenvalue weighted by Crippen LogP contribution is -2.57. The van der Waals surface area contributed by atoms with Crippen LogP contribution in [0.15, 0.2) is 91.0 Å². The van der Waals surface area contributed by atoms with Gasteiger partial charge in [-0.3, -0.25) is 24.0 Å². The Kier molecular flexibility index (Phi) is 14.4. The molecule has 0 saturated carbocycles. The van der Waals surface area contributed by atoms with Crippen LogP contribution in [-0.2, 0) is 36.8 Å².